The second kappa shape index (κ2) is 13.7. The summed E-state index contributed by atoms with van der Waals surface area (Å²) in [6, 6.07) is 21.4. The van der Waals surface area contributed by atoms with Gasteiger partial charge in [0, 0.05) is 35.4 Å². The molecule has 0 amide bonds. The molecule has 1 fully saturated rings. The van der Waals surface area contributed by atoms with Gasteiger partial charge in [0.05, 0.1) is 0 Å². The van der Waals surface area contributed by atoms with E-state index >= 15 is 0 Å². The second-order valence-electron chi connectivity index (χ2n) is 16.1. The van der Waals surface area contributed by atoms with Crippen LogP contribution in [0, 0.1) is 22.7 Å². The first-order valence-electron chi connectivity index (χ1n) is 18.0. The van der Waals surface area contributed by atoms with Crippen LogP contribution in [-0.4, -0.2) is 49.6 Å². The Kier molecular flexibility index (Phi) is 10.4. The van der Waals surface area contributed by atoms with Crippen molar-refractivity contribution in [3.8, 4) is 0 Å². The number of allylic oxidation sites excluding steroid dienone is 4. The molecule has 2 aliphatic carbocycles. The molecule has 3 atom stereocenters. The Labute approximate surface area is 276 Å². The molecule has 5 rings (SSSR count). The molecule has 1 saturated carbocycles. The van der Waals surface area contributed by atoms with Gasteiger partial charge in [-0.25, -0.2) is 0 Å². The number of hydrogen-bond acceptors (Lipinski definition) is 2. The summed E-state index contributed by atoms with van der Waals surface area (Å²) in [5.41, 5.74) is 9.16. The number of benzene rings is 2. The van der Waals surface area contributed by atoms with Crippen molar-refractivity contribution in [1.82, 2.24) is 9.80 Å². The Morgan fingerprint density at radius 3 is 2.24 bits per heavy atom. The van der Waals surface area contributed by atoms with Gasteiger partial charge in [-0.1, -0.05) is 106 Å². The molecule has 0 saturated heterocycles. The molecule has 1 heterocycles. The van der Waals surface area contributed by atoms with E-state index < -0.39 is 0 Å². The van der Waals surface area contributed by atoms with Crippen LogP contribution in [0.2, 0.25) is 0 Å². The van der Waals surface area contributed by atoms with E-state index in [1.807, 2.05) is 0 Å². The molecule has 244 valence electrons. The van der Waals surface area contributed by atoms with Gasteiger partial charge in [0.25, 0.3) is 0 Å². The summed E-state index contributed by atoms with van der Waals surface area (Å²) in [7, 11) is 4.41. The average Bonchev–Trinajstić information content (AvgIpc) is 3.04. The summed E-state index contributed by atoms with van der Waals surface area (Å²) in [5, 5.41) is 0. The minimum Gasteiger partial charge on any atom is -0.309 e. The molecule has 45 heavy (non-hydrogen) atoms. The molecule has 0 spiro atoms. The third kappa shape index (κ3) is 6.84. The summed E-state index contributed by atoms with van der Waals surface area (Å²) in [6.45, 7) is 20.3. The zero-order valence-corrected chi connectivity index (χ0v) is 30.1. The van der Waals surface area contributed by atoms with Crippen LogP contribution in [0.15, 0.2) is 78.4 Å². The highest BCUT2D eigenvalue weighted by Gasteiger charge is 2.50. The van der Waals surface area contributed by atoms with Crippen molar-refractivity contribution in [3.05, 3.63) is 95.1 Å². The molecule has 1 aliphatic heterocycles. The SMILES string of the molecule is C/C=C(/C)c1ccc(C2=CC[C@]3(C)CN([C@H](C)C4(c5ccccc5)CCC(C(C)CCCN(C)C)CC4)CC=C3C2(C)C)cc1. The summed E-state index contributed by atoms with van der Waals surface area (Å²) < 4.78 is 0. The number of hydrogen-bond donors (Lipinski definition) is 0. The van der Waals surface area contributed by atoms with Crippen LogP contribution in [0.25, 0.3) is 11.1 Å². The van der Waals surface area contributed by atoms with E-state index in [4.69, 9.17) is 0 Å². The van der Waals surface area contributed by atoms with Gasteiger partial charge in [0.1, 0.15) is 0 Å². The molecule has 3 aliphatic rings. The molecule has 2 heteroatoms. The number of rotatable bonds is 10. The van der Waals surface area contributed by atoms with E-state index in [0.717, 1.165) is 31.3 Å². The van der Waals surface area contributed by atoms with Crippen molar-refractivity contribution >= 4 is 11.1 Å². The molecule has 0 bridgehead atoms. The molecular weight excluding hydrogens is 544 g/mol. The summed E-state index contributed by atoms with van der Waals surface area (Å²) >= 11 is 0. The van der Waals surface area contributed by atoms with E-state index in [2.05, 4.69) is 145 Å². The minimum absolute atomic E-state index is 0.0252. The Balaban J connectivity index is 1.35. The van der Waals surface area contributed by atoms with Crippen LogP contribution in [0.4, 0.5) is 0 Å². The lowest BCUT2D eigenvalue weighted by Crippen LogP contribution is -2.56. The van der Waals surface area contributed by atoms with Crippen LogP contribution >= 0.6 is 0 Å². The Morgan fingerprint density at radius 1 is 0.956 bits per heavy atom. The maximum absolute atomic E-state index is 2.86. The van der Waals surface area contributed by atoms with Crippen LogP contribution in [-0.2, 0) is 5.41 Å². The minimum atomic E-state index is 0.0252. The summed E-state index contributed by atoms with van der Waals surface area (Å²) in [4.78, 5) is 5.20. The van der Waals surface area contributed by atoms with Gasteiger partial charge in [0.2, 0.25) is 0 Å². The average molecular weight is 607 g/mol. The number of nitrogens with zero attached hydrogens (tertiary/aromatic N) is 2. The fourth-order valence-electron chi connectivity index (χ4n) is 9.57. The third-order valence-corrected chi connectivity index (χ3v) is 12.6. The Hall–Kier alpha value is -2.42. The lowest BCUT2D eigenvalue weighted by atomic mass is 9.57. The molecule has 1 unspecified atom stereocenters. The van der Waals surface area contributed by atoms with Crippen molar-refractivity contribution in [2.45, 2.75) is 105 Å². The lowest BCUT2D eigenvalue weighted by Gasteiger charge is -2.55. The molecule has 0 radical (unpaired) electrons. The van der Waals surface area contributed by atoms with E-state index in [1.165, 1.54) is 67.3 Å². The van der Waals surface area contributed by atoms with Crippen molar-refractivity contribution in [2.24, 2.45) is 22.7 Å². The van der Waals surface area contributed by atoms with Gasteiger partial charge >= 0.3 is 0 Å². The van der Waals surface area contributed by atoms with Crippen molar-refractivity contribution in [1.29, 1.82) is 0 Å². The van der Waals surface area contributed by atoms with E-state index in [9.17, 15) is 0 Å². The predicted octanol–water partition coefficient (Wildman–Crippen LogP) is 10.7. The van der Waals surface area contributed by atoms with Crippen molar-refractivity contribution in [3.63, 3.8) is 0 Å². The Morgan fingerprint density at radius 2 is 1.62 bits per heavy atom. The lowest BCUT2D eigenvalue weighted by molar-refractivity contribution is 0.0494. The smallest absolute Gasteiger partial charge is 0.0169 e. The van der Waals surface area contributed by atoms with Gasteiger partial charge in [-0.15, -0.1) is 0 Å². The first-order valence-corrected chi connectivity index (χ1v) is 18.0. The van der Waals surface area contributed by atoms with E-state index in [1.54, 1.807) is 11.1 Å². The standard InChI is InChI=1S/C43H62N2/c1-10-32(2)35-18-20-37(21-19-35)39-24-26-42(7)31-45(30-25-40(42)41(39,5)6)34(4)43(38-16-12-11-13-17-38)27-22-36(23-28-43)33(3)15-14-29-44(8)9/h10-13,16-21,24-25,33-34,36H,14-15,22-23,26-31H2,1-9H3/b32-10-/t33?,34-,36?,42-,43?/m1/s1. The first-order chi connectivity index (χ1) is 21.4. The second-order valence-corrected chi connectivity index (χ2v) is 16.1. The molecular formula is C43H62N2. The van der Waals surface area contributed by atoms with E-state index in [0.29, 0.717) is 6.04 Å². The van der Waals surface area contributed by atoms with Crippen LogP contribution in [0.1, 0.15) is 110 Å². The zero-order chi connectivity index (χ0) is 32.4. The van der Waals surface area contributed by atoms with Crippen molar-refractivity contribution in [2.75, 3.05) is 33.7 Å². The Bertz CT molecular complexity index is 1370. The summed E-state index contributed by atoms with van der Waals surface area (Å²) in [6.07, 6.45) is 16.6. The monoisotopic (exact) mass is 606 g/mol. The third-order valence-electron chi connectivity index (χ3n) is 12.6. The fraction of sp³-hybridized carbons (Fsp3) is 0.581. The van der Waals surface area contributed by atoms with Gasteiger partial charge in [0.15, 0.2) is 0 Å². The normalized spacial score (nSPS) is 28.7. The molecule has 0 N–H and O–H groups in total. The van der Waals surface area contributed by atoms with Crippen LogP contribution < -0.4 is 0 Å². The number of fused-ring (bicyclic) bond motifs is 1. The van der Waals surface area contributed by atoms with Crippen LogP contribution in [0.3, 0.4) is 0 Å². The first kappa shape index (κ1) is 33.9. The maximum atomic E-state index is 2.86. The van der Waals surface area contributed by atoms with Gasteiger partial charge in [-0.2, -0.15) is 0 Å². The highest BCUT2D eigenvalue weighted by molar-refractivity contribution is 5.76. The summed E-state index contributed by atoms with van der Waals surface area (Å²) in [5.74, 6) is 1.68. The highest BCUT2D eigenvalue weighted by Crippen LogP contribution is 2.56. The zero-order valence-electron chi connectivity index (χ0n) is 30.1. The topological polar surface area (TPSA) is 6.48 Å². The quantitative estimate of drug-likeness (QED) is 0.248. The molecule has 2 nitrogen and oxygen atoms in total. The van der Waals surface area contributed by atoms with Gasteiger partial charge in [-0.05, 0) is 126 Å². The fourth-order valence-corrected chi connectivity index (χ4v) is 9.57. The van der Waals surface area contributed by atoms with Crippen molar-refractivity contribution < 1.29 is 0 Å². The van der Waals surface area contributed by atoms with Gasteiger partial charge < -0.3 is 4.90 Å². The molecule has 2 aromatic rings. The predicted molar refractivity (Wildman–Crippen MR) is 196 cm³/mol. The largest absolute Gasteiger partial charge is 0.309 e. The highest BCUT2D eigenvalue weighted by atomic mass is 15.2. The van der Waals surface area contributed by atoms with Crippen LogP contribution in [0.5, 0.6) is 0 Å². The van der Waals surface area contributed by atoms with Gasteiger partial charge in [-0.3, -0.25) is 4.90 Å². The maximum Gasteiger partial charge on any atom is 0.0169 e. The molecule has 0 aromatic heterocycles. The van der Waals surface area contributed by atoms with E-state index in [-0.39, 0.29) is 16.2 Å². The molecule has 2 aromatic carbocycles.